The highest BCUT2D eigenvalue weighted by molar-refractivity contribution is 7.98. The smallest absolute Gasteiger partial charge is 0.282 e. The number of thioether (sulfide) groups is 1. The maximum atomic E-state index is 12.4. The molecule has 142 valence electrons. The number of hydrogen-bond acceptors (Lipinski definition) is 5. The van der Waals surface area contributed by atoms with Crippen molar-refractivity contribution in [2.24, 2.45) is 5.92 Å². The minimum Gasteiger partial charge on any atom is -0.348 e. The number of nitro benzene ring substituents is 1. The summed E-state index contributed by atoms with van der Waals surface area (Å²) in [5, 5.41) is 16.6. The van der Waals surface area contributed by atoms with Crippen molar-refractivity contribution >= 4 is 35.0 Å². The number of hydrogen-bond donors (Lipinski definition) is 2. The van der Waals surface area contributed by atoms with Gasteiger partial charge in [0.25, 0.3) is 11.6 Å². The molecule has 0 bridgehead atoms. The first-order valence-corrected chi connectivity index (χ1v) is 9.54. The van der Waals surface area contributed by atoms with Crippen molar-refractivity contribution in [1.82, 2.24) is 5.32 Å². The summed E-state index contributed by atoms with van der Waals surface area (Å²) >= 11 is 1.41. The van der Waals surface area contributed by atoms with Gasteiger partial charge < -0.3 is 10.6 Å². The van der Waals surface area contributed by atoms with Gasteiger partial charge in [-0.05, 0) is 36.1 Å². The molecule has 0 aromatic heterocycles. The van der Waals surface area contributed by atoms with Gasteiger partial charge in [-0.3, -0.25) is 19.7 Å². The highest BCUT2D eigenvalue weighted by atomic mass is 32.2. The van der Waals surface area contributed by atoms with Gasteiger partial charge in [-0.15, -0.1) is 11.8 Å². The average Bonchev–Trinajstić information content (AvgIpc) is 2.66. The van der Waals surface area contributed by atoms with Crippen LogP contribution in [0.4, 0.5) is 11.4 Å². The molecule has 0 fully saturated rings. The maximum absolute atomic E-state index is 12.4. The quantitative estimate of drug-likeness (QED) is 0.427. The van der Waals surface area contributed by atoms with Gasteiger partial charge in [0.2, 0.25) is 5.91 Å². The molecule has 2 aromatic carbocycles. The number of carbonyl (C=O) groups excluding carboxylic acids is 2. The van der Waals surface area contributed by atoms with E-state index in [9.17, 15) is 19.7 Å². The zero-order valence-corrected chi connectivity index (χ0v) is 16.1. The summed E-state index contributed by atoms with van der Waals surface area (Å²) in [6.07, 6.45) is 1.84. The third-order valence-corrected chi connectivity index (χ3v) is 4.57. The Kier molecular flexibility index (Phi) is 6.95. The van der Waals surface area contributed by atoms with Gasteiger partial charge in [-0.2, -0.15) is 0 Å². The van der Waals surface area contributed by atoms with Crippen LogP contribution in [0.3, 0.4) is 0 Å². The topological polar surface area (TPSA) is 101 Å². The van der Waals surface area contributed by atoms with Crippen LogP contribution in [0.5, 0.6) is 0 Å². The van der Waals surface area contributed by atoms with Crippen LogP contribution in [0.25, 0.3) is 0 Å². The van der Waals surface area contributed by atoms with Crippen LogP contribution in [-0.2, 0) is 11.3 Å². The molecule has 0 radical (unpaired) electrons. The monoisotopic (exact) mass is 387 g/mol. The van der Waals surface area contributed by atoms with E-state index >= 15 is 0 Å². The predicted molar refractivity (Wildman–Crippen MR) is 106 cm³/mol. The van der Waals surface area contributed by atoms with E-state index in [1.165, 1.54) is 23.9 Å². The van der Waals surface area contributed by atoms with E-state index < -0.39 is 10.8 Å². The lowest BCUT2D eigenvalue weighted by atomic mass is 10.1. The van der Waals surface area contributed by atoms with Crippen molar-refractivity contribution in [2.75, 3.05) is 11.6 Å². The van der Waals surface area contributed by atoms with Crippen molar-refractivity contribution in [2.45, 2.75) is 25.3 Å². The molecule has 0 saturated carbocycles. The molecule has 0 aliphatic carbocycles. The average molecular weight is 387 g/mol. The summed E-state index contributed by atoms with van der Waals surface area (Å²) in [6.45, 7) is 3.84. The second-order valence-corrected chi connectivity index (χ2v) is 7.04. The second kappa shape index (κ2) is 9.18. The summed E-state index contributed by atoms with van der Waals surface area (Å²) in [7, 11) is 0. The highest BCUT2D eigenvalue weighted by Crippen LogP contribution is 2.24. The van der Waals surface area contributed by atoms with Gasteiger partial charge in [0.15, 0.2) is 0 Å². The minimum absolute atomic E-state index is 0.0349. The van der Waals surface area contributed by atoms with E-state index in [4.69, 9.17) is 0 Å². The summed E-state index contributed by atoms with van der Waals surface area (Å²) in [5.74, 6) is -0.691. The van der Waals surface area contributed by atoms with E-state index in [2.05, 4.69) is 10.6 Å². The van der Waals surface area contributed by atoms with Gasteiger partial charge in [-0.25, -0.2) is 0 Å². The number of nitro groups is 1. The first-order valence-electron chi connectivity index (χ1n) is 8.32. The van der Waals surface area contributed by atoms with Crippen molar-refractivity contribution < 1.29 is 14.5 Å². The molecule has 2 amide bonds. The minimum atomic E-state index is -0.564. The third-order valence-electron chi connectivity index (χ3n) is 3.84. The summed E-state index contributed by atoms with van der Waals surface area (Å²) in [4.78, 5) is 35.5. The summed E-state index contributed by atoms with van der Waals surface area (Å²) in [5.41, 5.74) is 1.30. The van der Waals surface area contributed by atoms with Crippen LogP contribution in [0.15, 0.2) is 47.4 Å². The molecule has 7 nitrogen and oxygen atoms in total. The molecule has 0 atom stereocenters. The molecule has 0 unspecified atom stereocenters. The Morgan fingerprint density at radius 1 is 1.15 bits per heavy atom. The summed E-state index contributed by atoms with van der Waals surface area (Å²) in [6, 6.07) is 11.5. The molecule has 0 spiro atoms. The molecule has 27 heavy (non-hydrogen) atoms. The molecule has 2 aromatic rings. The van der Waals surface area contributed by atoms with Crippen LogP contribution < -0.4 is 10.6 Å². The number of rotatable bonds is 7. The maximum Gasteiger partial charge on any atom is 0.282 e. The molecule has 2 rings (SSSR count). The van der Waals surface area contributed by atoms with Crippen molar-refractivity contribution in [3.05, 3.63) is 63.7 Å². The number of amides is 2. The highest BCUT2D eigenvalue weighted by Gasteiger charge is 2.20. The first-order chi connectivity index (χ1) is 12.8. The van der Waals surface area contributed by atoms with Crippen LogP contribution in [0, 0.1) is 16.0 Å². The van der Waals surface area contributed by atoms with Gasteiger partial charge in [-0.1, -0.05) is 26.0 Å². The van der Waals surface area contributed by atoms with Crippen molar-refractivity contribution in [1.29, 1.82) is 0 Å². The zero-order chi connectivity index (χ0) is 20.0. The molecular formula is C19H21N3O4S. The Bertz CT molecular complexity index is 851. The van der Waals surface area contributed by atoms with Crippen LogP contribution >= 0.6 is 11.8 Å². The van der Waals surface area contributed by atoms with Crippen LogP contribution in [-0.4, -0.2) is 23.0 Å². The lowest BCUT2D eigenvalue weighted by Crippen LogP contribution is -2.23. The van der Waals surface area contributed by atoms with E-state index in [1.807, 2.05) is 20.1 Å². The fraction of sp³-hybridized carbons (Fsp3) is 0.263. The van der Waals surface area contributed by atoms with Gasteiger partial charge in [0.1, 0.15) is 5.56 Å². The fourth-order valence-electron chi connectivity index (χ4n) is 2.25. The Labute approximate surface area is 161 Å². The molecule has 0 aliphatic rings. The lowest BCUT2D eigenvalue weighted by molar-refractivity contribution is -0.385. The number of nitrogens with zero attached hydrogens (tertiary/aromatic N) is 1. The van der Waals surface area contributed by atoms with E-state index in [0.717, 1.165) is 10.5 Å². The Morgan fingerprint density at radius 3 is 2.37 bits per heavy atom. The fourth-order valence-corrected chi connectivity index (χ4v) is 2.69. The van der Waals surface area contributed by atoms with E-state index in [-0.39, 0.29) is 29.6 Å². The Morgan fingerprint density at radius 2 is 1.81 bits per heavy atom. The number of nitrogens with one attached hydrogen (secondary N) is 2. The first kappa shape index (κ1) is 20.4. The third kappa shape index (κ3) is 5.55. The number of benzene rings is 2. The largest absolute Gasteiger partial charge is 0.348 e. The molecule has 0 saturated heterocycles. The normalized spacial score (nSPS) is 10.5. The zero-order valence-electron chi connectivity index (χ0n) is 15.3. The molecular weight excluding hydrogens is 366 g/mol. The number of carbonyl (C=O) groups is 2. The van der Waals surface area contributed by atoms with Gasteiger partial charge >= 0.3 is 0 Å². The molecule has 2 N–H and O–H groups in total. The number of anilines is 1. The van der Waals surface area contributed by atoms with Gasteiger partial charge in [0.05, 0.1) is 4.92 Å². The molecule has 0 aliphatic heterocycles. The molecule has 0 heterocycles. The Balaban J connectivity index is 2.05. The lowest BCUT2D eigenvalue weighted by Gasteiger charge is -2.10. The second-order valence-electron chi connectivity index (χ2n) is 6.16. The van der Waals surface area contributed by atoms with Gasteiger partial charge in [0, 0.05) is 29.1 Å². The standard InChI is InChI=1S/C19H21N3O4S/c1-12(2)18(23)21-14-6-4-13(5-7-14)11-20-19(24)16-10-15(27-3)8-9-17(16)22(25)26/h4-10,12H,11H2,1-3H3,(H,20,24)(H,21,23). The van der Waals surface area contributed by atoms with E-state index in [1.54, 1.807) is 30.3 Å². The molecule has 8 heteroatoms. The van der Waals surface area contributed by atoms with E-state index in [0.29, 0.717) is 5.69 Å². The van der Waals surface area contributed by atoms with Crippen LogP contribution in [0.1, 0.15) is 29.8 Å². The van der Waals surface area contributed by atoms with Crippen LogP contribution in [0.2, 0.25) is 0 Å². The SMILES string of the molecule is CSc1ccc([N+](=O)[O-])c(C(=O)NCc2ccc(NC(=O)C(C)C)cc2)c1. The predicted octanol–water partition coefficient (Wildman–Crippen LogP) is 3.84. The Hall–Kier alpha value is -2.87. The summed E-state index contributed by atoms with van der Waals surface area (Å²) < 4.78 is 0. The van der Waals surface area contributed by atoms with Crippen molar-refractivity contribution in [3.63, 3.8) is 0 Å². The van der Waals surface area contributed by atoms with Crippen molar-refractivity contribution in [3.8, 4) is 0 Å².